The minimum absolute atomic E-state index is 0. The highest BCUT2D eigenvalue weighted by Crippen LogP contribution is 2.36. The summed E-state index contributed by atoms with van der Waals surface area (Å²) in [7, 11) is -2.84. The van der Waals surface area contributed by atoms with Crippen molar-refractivity contribution in [2.75, 3.05) is 42.7 Å². The number of anilines is 1. The Kier molecular flexibility index (Phi) is 8.89. The average Bonchev–Trinajstić information content (AvgIpc) is 3.57. The lowest BCUT2D eigenvalue weighted by Gasteiger charge is -2.28. The van der Waals surface area contributed by atoms with E-state index in [1.165, 1.54) is 21.9 Å². The molecule has 2 aliphatic carbocycles. The first-order chi connectivity index (χ1) is 18.9. The van der Waals surface area contributed by atoms with Gasteiger partial charge in [-0.05, 0) is 56.2 Å². The molecule has 1 N–H and O–H groups in total. The summed E-state index contributed by atoms with van der Waals surface area (Å²) < 4.78 is 28.5. The molecular formula is C29H40N4O4S2. The van der Waals surface area contributed by atoms with Crippen LogP contribution in [0.25, 0.3) is 10.4 Å². The monoisotopic (exact) mass is 572 g/mol. The first-order valence-corrected chi connectivity index (χ1v) is 16.8. The first-order valence-electron chi connectivity index (χ1n) is 14.2. The molecule has 3 heterocycles. The summed E-state index contributed by atoms with van der Waals surface area (Å²) in [4.78, 5) is 19.7. The van der Waals surface area contributed by atoms with Crippen LogP contribution < -0.4 is 10.2 Å². The molecule has 10 heteroatoms. The molecule has 2 saturated carbocycles. The molecule has 2 aromatic rings. The Morgan fingerprint density at radius 3 is 2.36 bits per heavy atom. The van der Waals surface area contributed by atoms with Gasteiger partial charge in [0.1, 0.15) is 5.54 Å². The SMILES string of the molecule is N#CC1(NC(=O)C2CCCCC2)CC1.O=S1(=O)CCN(c2ccc(-c3cnc(C4CCOCC4)s3)cc2)CC1.[HH]. The fourth-order valence-electron chi connectivity index (χ4n) is 5.45. The molecule has 1 amide bonds. The normalized spacial score (nSPS) is 22.7. The van der Waals surface area contributed by atoms with Crippen molar-refractivity contribution in [1.29, 1.82) is 5.26 Å². The first kappa shape index (κ1) is 28.1. The minimum atomic E-state index is -2.84. The van der Waals surface area contributed by atoms with Crippen molar-refractivity contribution in [2.24, 2.45) is 5.92 Å². The van der Waals surface area contributed by atoms with E-state index < -0.39 is 15.4 Å². The number of hydrogen-bond donors (Lipinski definition) is 1. The van der Waals surface area contributed by atoms with E-state index in [0.717, 1.165) is 70.3 Å². The highest BCUT2D eigenvalue weighted by atomic mass is 32.2. The molecule has 4 aliphatic rings. The van der Waals surface area contributed by atoms with Gasteiger partial charge < -0.3 is 15.0 Å². The van der Waals surface area contributed by atoms with Crippen LogP contribution in [0.2, 0.25) is 0 Å². The number of hydrogen-bond acceptors (Lipinski definition) is 8. The molecule has 2 saturated heterocycles. The van der Waals surface area contributed by atoms with Crippen LogP contribution in [-0.4, -0.2) is 62.7 Å². The highest BCUT2D eigenvalue weighted by Gasteiger charge is 2.45. The third kappa shape index (κ3) is 7.38. The number of nitriles is 1. The van der Waals surface area contributed by atoms with Crippen LogP contribution in [0.1, 0.15) is 70.1 Å². The van der Waals surface area contributed by atoms with Crippen LogP contribution in [-0.2, 0) is 19.4 Å². The number of ether oxygens (including phenoxy) is 1. The molecule has 212 valence electrons. The number of amides is 1. The second-order valence-electron chi connectivity index (χ2n) is 11.2. The van der Waals surface area contributed by atoms with E-state index in [9.17, 15) is 13.2 Å². The van der Waals surface area contributed by atoms with Gasteiger partial charge in [0.2, 0.25) is 5.91 Å². The van der Waals surface area contributed by atoms with Crippen LogP contribution >= 0.6 is 11.3 Å². The average molecular weight is 573 g/mol. The van der Waals surface area contributed by atoms with Gasteiger partial charge in [-0.1, -0.05) is 31.4 Å². The van der Waals surface area contributed by atoms with Gasteiger partial charge in [0.25, 0.3) is 0 Å². The number of rotatable bonds is 5. The number of benzene rings is 1. The molecule has 0 bridgehead atoms. The van der Waals surface area contributed by atoms with Crippen molar-refractivity contribution in [1.82, 2.24) is 10.3 Å². The van der Waals surface area contributed by atoms with Gasteiger partial charge >= 0.3 is 0 Å². The highest BCUT2D eigenvalue weighted by molar-refractivity contribution is 7.91. The molecule has 0 atom stereocenters. The van der Waals surface area contributed by atoms with Gasteiger partial charge in [0.05, 0.1) is 27.5 Å². The quantitative estimate of drug-likeness (QED) is 0.541. The van der Waals surface area contributed by atoms with E-state index in [0.29, 0.717) is 19.0 Å². The Morgan fingerprint density at radius 2 is 1.74 bits per heavy atom. The summed E-state index contributed by atoms with van der Waals surface area (Å²) in [6.07, 6.45) is 11.4. The van der Waals surface area contributed by atoms with Crippen LogP contribution in [0, 0.1) is 17.2 Å². The predicted octanol–water partition coefficient (Wildman–Crippen LogP) is 4.92. The maximum atomic E-state index is 11.8. The Morgan fingerprint density at radius 1 is 1.08 bits per heavy atom. The van der Waals surface area contributed by atoms with Crippen molar-refractivity contribution >= 4 is 32.8 Å². The molecule has 0 radical (unpaired) electrons. The second-order valence-corrected chi connectivity index (χ2v) is 14.5. The summed E-state index contributed by atoms with van der Waals surface area (Å²) in [5.74, 6) is 1.32. The van der Waals surface area contributed by atoms with Crippen LogP contribution in [0.4, 0.5) is 5.69 Å². The zero-order valence-electron chi connectivity index (χ0n) is 22.4. The topological polar surface area (TPSA) is 112 Å². The number of sulfone groups is 1. The number of aromatic nitrogens is 1. The molecule has 1 aromatic carbocycles. The number of nitrogens with zero attached hydrogens (tertiary/aromatic N) is 3. The number of carbonyl (C=O) groups is 1. The van der Waals surface area contributed by atoms with Gasteiger partial charge in [0.15, 0.2) is 9.84 Å². The van der Waals surface area contributed by atoms with Crippen LogP contribution in [0.15, 0.2) is 30.5 Å². The Labute approximate surface area is 237 Å². The van der Waals surface area contributed by atoms with Gasteiger partial charge in [-0.25, -0.2) is 13.4 Å². The molecule has 4 fully saturated rings. The molecule has 1 aromatic heterocycles. The van der Waals surface area contributed by atoms with Gasteiger partial charge in [-0.3, -0.25) is 4.79 Å². The predicted molar refractivity (Wildman–Crippen MR) is 156 cm³/mol. The number of nitrogens with one attached hydrogen (secondary N) is 1. The van der Waals surface area contributed by atoms with Gasteiger partial charge in [-0.2, -0.15) is 5.26 Å². The lowest BCUT2D eigenvalue weighted by atomic mass is 9.88. The summed E-state index contributed by atoms with van der Waals surface area (Å²) in [5, 5.41) is 12.9. The molecule has 2 aliphatic heterocycles. The zero-order chi connectivity index (χ0) is 27.3. The lowest BCUT2D eigenvalue weighted by Crippen LogP contribution is -2.40. The van der Waals surface area contributed by atoms with E-state index >= 15 is 0 Å². The smallest absolute Gasteiger partial charge is 0.224 e. The van der Waals surface area contributed by atoms with Gasteiger partial charge in [-0.15, -0.1) is 11.3 Å². The standard InChI is InChI=1S/C18H22N2O3S2.C11H16N2O.H2/c21-25(22)11-7-20(8-12-25)16-3-1-14(2-4-16)17-13-19-18(24-17)15-5-9-23-10-6-15;12-8-11(6-7-11)13-10(14)9-4-2-1-3-5-9;/h1-4,13,15H,5-12H2;9H,1-7H2,(H,13,14);1H. The van der Waals surface area contributed by atoms with Crippen molar-refractivity contribution in [3.8, 4) is 16.5 Å². The molecule has 0 spiro atoms. The molecule has 0 unspecified atom stereocenters. The van der Waals surface area contributed by atoms with E-state index in [1.807, 2.05) is 6.20 Å². The number of carbonyl (C=O) groups excluding carboxylic acids is 1. The Hall–Kier alpha value is -2.48. The van der Waals surface area contributed by atoms with Crippen molar-refractivity contribution in [3.05, 3.63) is 35.5 Å². The van der Waals surface area contributed by atoms with Crippen LogP contribution in [0.3, 0.4) is 0 Å². The summed E-state index contributed by atoms with van der Waals surface area (Å²) >= 11 is 1.77. The summed E-state index contributed by atoms with van der Waals surface area (Å²) in [5.41, 5.74) is 1.78. The van der Waals surface area contributed by atoms with E-state index in [4.69, 9.17) is 10.00 Å². The second kappa shape index (κ2) is 12.4. The van der Waals surface area contributed by atoms with Crippen molar-refractivity contribution in [2.45, 2.75) is 69.2 Å². The Bertz CT molecular complexity index is 1260. The van der Waals surface area contributed by atoms with E-state index in [-0.39, 0.29) is 24.8 Å². The largest absolute Gasteiger partial charge is 0.381 e. The van der Waals surface area contributed by atoms with Crippen LogP contribution in [0.5, 0.6) is 0 Å². The molecule has 39 heavy (non-hydrogen) atoms. The number of thiazole rings is 1. The lowest BCUT2D eigenvalue weighted by molar-refractivity contribution is -0.126. The Balaban J connectivity index is 0.000000210. The fourth-order valence-corrected chi connectivity index (χ4v) is 7.75. The molecule has 6 rings (SSSR count). The zero-order valence-corrected chi connectivity index (χ0v) is 24.1. The third-order valence-electron chi connectivity index (χ3n) is 8.26. The van der Waals surface area contributed by atoms with E-state index in [1.54, 1.807) is 11.3 Å². The maximum absolute atomic E-state index is 11.8. The van der Waals surface area contributed by atoms with Crippen molar-refractivity contribution < 1.29 is 19.4 Å². The summed E-state index contributed by atoms with van der Waals surface area (Å²) in [6, 6.07) is 10.6. The van der Waals surface area contributed by atoms with E-state index in [2.05, 4.69) is 45.5 Å². The minimum Gasteiger partial charge on any atom is -0.381 e. The fraction of sp³-hybridized carbons (Fsp3) is 0.621. The molecule has 8 nitrogen and oxygen atoms in total. The van der Waals surface area contributed by atoms with Crippen molar-refractivity contribution in [3.63, 3.8) is 0 Å². The molecular weight excluding hydrogens is 532 g/mol. The summed E-state index contributed by atoms with van der Waals surface area (Å²) in [6.45, 7) is 2.83. The third-order valence-corrected chi connectivity index (χ3v) is 11.1. The van der Waals surface area contributed by atoms with Gasteiger partial charge in [0, 0.05) is 51.4 Å². The maximum Gasteiger partial charge on any atom is 0.224 e.